The van der Waals surface area contributed by atoms with Gasteiger partial charge in [-0.15, -0.1) is 0 Å². The molecule has 66 valence electrons. The lowest BCUT2D eigenvalue weighted by molar-refractivity contribution is 0.0716. The van der Waals surface area contributed by atoms with Gasteiger partial charge in [-0.25, -0.2) is 4.79 Å². The molecule has 0 aliphatic carbocycles. The largest absolute Gasteiger partial charge is 0.423 e. The van der Waals surface area contributed by atoms with Gasteiger partial charge in [-0.3, -0.25) is 0 Å². The second-order valence-electron chi connectivity index (χ2n) is 2.62. The first kappa shape index (κ1) is 8.60. The van der Waals surface area contributed by atoms with Gasteiger partial charge in [-0.2, -0.15) is 0 Å². The van der Waals surface area contributed by atoms with Gasteiger partial charge in [0.15, 0.2) is 0 Å². The number of halogens is 2. The first-order valence-electron chi connectivity index (χ1n) is 3.50. The Balaban J connectivity index is 2.72. The van der Waals surface area contributed by atoms with E-state index in [2.05, 4.69) is 6.58 Å². The maximum absolute atomic E-state index is 11.2. The lowest BCUT2D eigenvalue weighted by Crippen LogP contribution is -1.92. The molecule has 1 aliphatic heterocycles. The van der Waals surface area contributed by atoms with Crippen LogP contribution in [0, 0.1) is 0 Å². The van der Waals surface area contributed by atoms with Crippen molar-refractivity contribution in [2.24, 2.45) is 0 Å². The SMILES string of the molecule is C=C1OC(=O)c2cc(Cl)c(Cl)cc21. The zero-order valence-corrected chi connectivity index (χ0v) is 7.95. The van der Waals surface area contributed by atoms with Crippen molar-refractivity contribution in [1.29, 1.82) is 0 Å². The lowest BCUT2D eigenvalue weighted by atomic mass is 10.1. The zero-order chi connectivity index (χ0) is 9.59. The molecular weight excluding hydrogens is 211 g/mol. The molecule has 1 aromatic carbocycles. The van der Waals surface area contributed by atoms with Crippen LogP contribution in [-0.2, 0) is 4.74 Å². The van der Waals surface area contributed by atoms with Gasteiger partial charge in [0.25, 0.3) is 0 Å². The van der Waals surface area contributed by atoms with Gasteiger partial charge < -0.3 is 4.74 Å². The zero-order valence-electron chi connectivity index (χ0n) is 6.43. The molecule has 4 heteroatoms. The third kappa shape index (κ3) is 1.23. The van der Waals surface area contributed by atoms with E-state index in [0.29, 0.717) is 26.9 Å². The van der Waals surface area contributed by atoms with Crippen LogP contribution in [0.1, 0.15) is 15.9 Å². The fraction of sp³-hybridized carbons (Fsp3) is 0. The number of carbonyl (C=O) groups is 1. The highest BCUT2D eigenvalue weighted by atomic mass is 35.5. The summed E-state index contributed by atoms with van der Waals surface area (Å²) >= 11 is 11.5. The fourth-order valence-corrected chi connectivity index (χ4v) is 1.50. The summed E-state index contributed by atoms with van der Waals surface area (Å²) in [7, 11) is 0. The quantitative estimate of drug-likeness (QED) is 0.621. The standard InChI is InChI=1S/C9H4Cl2O2/c1-4-5-2-7(10)8(11)3-6(5)9(12)13-4/h2-3H,1H2. The second kappa shape index (κ2) is 2.76. The van der Waals surface area contributed by atoms with Crippen LogP contribution >= 0.6 is 23.2 Å². The summed E-state index contributed by atoms with van der Waals surface area (Å²) in [6, 6.07) is 3.06. The predicted octanol–water partition coefficient (Wildman–Crippen LogP) is 3.13. The summed E-state index contributed by atoms with van der Waals surface area (Å²) in [6.45, 7) is 3.57. The minimum absolute atomic E-state index is 0.318. The van der Waals surface area contributed by atoms with Gasteiger partial charge in [0.05, 0.1) is 15.6 Å². The third-order valence-electron chi connectivity index (χ3n) is 1.80. The molecule has 2 rings (SSSR count). The van der Waals surface area contributed by atoms with E-state index in [0.717, 1.165) is 0 Å². The van der Waals surface area contributed by atoms with Crippen LogP contribution in [0.4, 0.5) is 0 Å². The number of fused-ring (bicyclic) bond motifs is 1. The van der Waals surface area contributed by atoms with Crippen LogP contribution in [0.3, 0.4) is 0 Å². The van der Waals surface area contributed by atoms with Crippen molar-refractivity contribution >= 4 is 34.9 Å². The number of benzene rings is 1. The van der Waals surface area contributed by atoms with Crippen molar-refractivity contribution in [2.75, 3.05) is 0 Å². The van der Waals surface area contributed by atoms with Gasteiger partial charge in [-0.1, -0.05) is 29.8 Å². The monoisotopic (exact) mass is 214 g/mol. The van der Waals surface area contributed by atoms with Crippen molar-refractivity contribution in [1.82, 2.24) is 0 Å². The number of carbonyl (C=O) groups excluding carboxylic acids is 1. The van der Waals surface area contributed by atoms with Crippen LogP contribution in [0.15, 0.2) is 18.7 Å². The van der Waals surface area contributed by atoms with Crippen molar-refractivity contribution in [3.05, 3.63) is 39.9 Å². The van der Waals surface area contributed by atoms with Crippen LogP contribution in [0.5, 0.6) is 0 Å². The van der Waals surface area contributed by atoms with E-state index in [1.165, 1.54) is 6.07 Å². The highest BCUT2D eigenvalue weighted by molar-refractivity contribution is 6.42. The highest BCUT2D eigenvalue weighted by Gasteiger charge is 2.26. The molecule has 0 fully saturated rings. The molecule has 0 saturated carbocycles. The molecule has 0 radical (unpaired) electrons. The first-order valence-corrected chi connectivity index (χ1v) is 4.25. The molecule has 0 spiro atoms. The lowest BCUT2D eigenvalue weighted by Gasteiger charge is -1.97. The minimum atomic E-state index is -0.432. The molecule has 2 nitrogen and oxygen atoms in total. The van der Waals surface area contributed by atoms with Crippen molar-refractivity contribution in [3.8, 4) is 0 Å². The molecule has 0 N–H and O–H groups in total. The molecule has 0 aromatic heterocycles. The summed E-state index contributed by atoms with van der Waals surface area (Å²) in [5.74, 6) is -0.114. The molecule has 1 aliphatic rings. The molecule has 0 saturated heterocycles. The van der Waals surface area contributed by atoms with E-state index < -0.39 is 5.97 Å². The third-order valence-corrected chi connectivity index (χ3v) is 2.52. The summed E-state index contributed by atoms with van der Waals surface area (Å²) in [4.78, 5) is 11.2. The normalized spacial score (nSPS) is 14.3. The Kier molecular flexibility index (Phi) is 1.82. The van der Waals surface area contributed by atoms with E-state index >= 15 is 0 Å². The maximum atomic E-state index is 11.2. The number of ether oxygens (including phenoxy) is 1. The van der Waals surface area contributed by atoms with E-state index in [4.69, 9.17) is 27.9 Å². The van der Waals surface area contributed by atoms with Gasteiger partial charge in [-0.05, 0) is 12.1 Å². The van der Waals surface area contributed by atoms with Crippen LogP contribution in [0.25, 0.3) is 5.76 Å². The summed E-state index contributed by atoms with van der Waals surface area (Å²) in [5, 5.41) is 0.729. The topological polar surface area (TPSA) is 26.3 Å². The van der Waals surface area contributed by atoms with Gasteiger partial charge in [0, 0.05) is 5.56 Å². The number of hydrogen-bond donors (Lipinski definition) is 0. The van der Waals surface area contributed by atoms with Gasteiger partial charge in [0.2, 0.25) is 0 Å². The Morgan fingerprint density at radius 1 is 1.15 bits per heavy atom. The van der Waals surface area contributed by atoms with Crippen LogP contribution in [-0.4, -0.2) is 5.97 Å². The molecular formula is C9H4Cl2O2. The Hall–Kier alpha value is -0.990. The Labute approximate surface area is 84.7 Å². The molecule has 13 heavy (non-hydrogen) atoms. The average molecular weight is 215 g/mol. The summed E-state index contributed by atoms with van der Waals surface area (Å²) in [5.41, 5.74) is 1.03. The van der Waals surface area contributed by atoms with Crippen LogP contribution < -0.4 is 0 Å². The molecule has 0 bridgehead atoms. The van der Waals surface area contributed by atoms with Crippen molar-refractivity contribution in [2.45, 2.75) is 0 Å². The molecule has 1 aromatic rings. The van der Waals surface area contributed by atoms with Crippen molar-refractivity contribution in [3.63, 3.8) is 0 Å². The number of hydrogen-bond acceptors (Lipinski definition) is 2. The average Bonchev–Trinajstić information content (AvgIpc) is 2.31. The van der Waals surface area contributed by atoms with Crippen molar-refractivity contribution < 1.29 is 9.53 Å². The highest BCUT2D eigenvalue weighted by Crippen LogP contribution is 2.34. The smallest absolute Gasteiger partial charge is 0.344 e. The fourth-order valence-electron chi connectivity index (χ4n) is 1.17. The molecule has 1 heterocycles. The number of rotatable bonds is 0. The van der Waals surface area contributed by atoms with Gasteiger partial charge >= 0.3 is 5.97 Å². The summed E-state index contributed by atoms with van der Waals surface area (Å²) < 4.78 is 4.79. The predicted molar refractivity (Wildman–Crippen MR) is 50.9 cm³/mol. The number of cyclic esters (lactones) is 1. The van der Waals surface area contributed by atoms with Gasteiger partial charge in [0.1, 0.15) is 5.76 Å². The van der Waals surface area contributed by atoms with Crippen LogP contribution in [0.2, 0.25) is 10.0 Å². The van der Waals surface area contributed by atoms with E-state index in [-0.39, 0.29) is 0 Å². The Morgan fingerprint density at radius 3 is 2.31 bits per heavy atom. The van der Waals surface area contributed by atoms with E-state index in [1.54, 1.807) is 6.07 Å². The minimum Gasteiger partial charge on any atom is -0.423 e. The summed E-state index contributed by atoms with van der Waals surface area (Å²) in [6.07, 6.45) is 0. The van der Waals surface area contributed by atoms with E-state index in [1.807, 2.05) is 0 Å². The first-order chi connectivity index (χ1) is 6.09. The van der Waals surface area contributed by atoms with E-state index in [9.17, 15) is 4.79 Å². The maximum Gasteiger partial charge on any atom is 0.344 e. The molecule has 0 unspecified atom stereocenters. The second-order valence-corrected chi connectivity index (χ2v) is 3.44. The Morgan fingerprint density at radius 2 is 1.69 bits per heavy atom. The molecule has 0 amide bonds. The Bertz CT molecular complexity index is 385. The molecule has 0 atom stereocenters. The number of esters is 1.